The Hall–Kier alpha value is -2.48. The van der Waals surface area contributed by atoms with Crippen LogP contribution in [0.25, 0.3) is 6.08 Å². The smallest absolute Gasteiger partial charge is 0.264 e. The molecule has 1 fully saturated rings. The number of hydrogen-bond acceptors (Lipinski definition) is 4. The van der Waals surface area contributed by atoms with Gasteiger partial charge in [0.1, 0.15) is 11.6 Å². The first-order valence-electron chi connectivity index (χ1n) is 8.50. The number of rotatable bonds is 7. The second-order valence-electron chi connectivity index (χ2n) is 5.63. The number of carbonyl (C=O) groups excluding carboxylic acids is 1. The number of amides is 1. The number of likely N-dealkylation sites (tertiary alicyclic amines) is 1. The normalized spacial score (nSPS) is 14.4. The summed E-state index contributed by atoms with van der Waals surface area (Å²) in [6.07, 6.45) is 4.46. The minimum atomic E-state index is -0.210. The quantitative estimate of drug-likeness (QED) is 0.568. The fraction of sp³-hybridized carbons (Fsp3) is 0.474. The average Bonchev–Trinajstić information content (AvgIpc) is 3.13. The highest BCUT2D eigenvalue weighted by Crippen LogP contribution is 2.33. The zero-order chi connectivity index (χ0) is 17.4. The van der Waals surface area contributed by atoms with Crippen molar-refractivity contribution in [2.45, 2.75) is 33.1 Å². The third-order valence-corrected chi connectivity index (χ3v) is 3.80. The van der Waals surface area contributed by atoms with E-state index in [1.807, 2.05) is 38.1 Å². The SMILES string of the molecule is CCCOc1c(/C=C(\C#N)C(=O)N2CCCC2)cccc1OCC. The van der Waals surface area contributed by atoms with E-state index in [2.05, 4.69) is 0 Å². The van der Waals surface area contributed by atoms with Crippen molar-refractivity contribution in [1.82, 2.24) is 4.90 Å². The fourth-order valence-corrected chi connectivity index (χ4v) is 2.66. The third-order valence-electron chi connectivity index (χ3n) is 3.80. The van der Waals surface area contributed by atoms with Gasteiger partial charge in [0.2, 0.25) is 0 Å². The molecule has 0 aromatic heterocycles. The molecule has 24 heavy (non-hydrogen) atoms. The largest absolute Gasteiger partial charge is 0.490 e. The molecule has 0 spiro atoms. The summed E-state index contributed by atoms with van der Waals surface area (Å²) >= 11 is 0. The van der Waals surface area contributed by atoms with E-state index < -0.39 is 0 Å². The molecule has 0 bridgehead atoms. The maximum atomic E-state index is 12.5. The number of nitriles is 1. The van der Waals surface area contributed by atoms with Crippen LogP contribution in [-0.4, -0.2) is 37.1 Å². The first-order valence-corrected chi connectivity index (χ1v) is 8.50. The lowest BCUT2D eigenvalue weighted by molar-refractivity contribution is -0.125. The van der Waals surface area contributed by atoms with Crippen molar-refractivity contribution >= 4 is 12.0 Å². The van der Waals surface area contributed by atoms with Crippen molar-refractivity contribution in [3.8, 4) is 17.6 Å². The fourth-order valence-electron chi connectivity index (χ4n) is 2.66. The minimum Gasteiger partial charge on any atom is -0.490 e. The van der Waals surface area contributed by atoms with Gasteiger partial charge in [-0.2, -0.15) is 5.26 Å². The summed E-state index contributed by atoms with van der Waals surface area (Å²) in [7, 11) is 0. The predicted molar refractivity (Wildman–Crippen MR) is 92.8 cm³/mol. The van der Waals surface area contributed by atoms with Crippen molar-refractivity contribution in [2.75, 3.05) is 26.3 Å². The van der Waals surface area contributed by atoms with E-state index in [1.165, 1.54) is 0 Å². The Morgan fingerprint density at radius 3 is 2.67 bits per heavy atom. The molecule has 0 radical (unpaired) electrons. The van der Waals surface area contributed by atoms with Crippen LogP contribution in [-0.2, 0) is 4.79 Å². The highest BCUT2D eigenvalue weighted by Gasteiger charge is 2.22. The van der Waals surface area contributed by atoms with Gasteiger partial charge in [-0.1, -0.05) is 19.1 Å². The van der Waals surface area contributed by atoms with Crippen LogP contribution in [0.4, 0.5) is 0 Å². The van der Waals surface area contributed by atoms with Crippen LogP contribution in [0.1, 0.15) is 38.7 Å². The molecule has 0 N–H and O–H groups in total. The standard InChI is InChI=1S/C19H24N2O3/c1-3-12-24-18-15(8-7-9-17(18)23-4-2)13-16(14-20)19(22)21-10-5-6-11-21/h7-9,13H,3-6,10-12H2,1-2H3/b16-13+. The van der Waals surface area contributed by atoms with Crippen LogP contribution in [0.2, 0.25) is 0 Å². The van der Waals surface area contributed by atoms with Crippen LogP contribution in [0.3, 0.4) is 0 Å². The molecule has 5 heteroatoms. The Balaban J connectivity index is 2.35. The van der Waals surface area contributed by atoms with Gasteiger partial charge < -0.3 is 14.4 Å². The average molecular weight is 328 g/mol. The molecule has 1 heterocycles. The summed E-state index contributed by atoms with van der Waals surface area (Å²) in [5, 5.41) is 9.42. The van der Waals surface area contributed by atoms with Crippen molar-refractivity contribution in [1.29, 1.82) is 5.26 Å². The topological polar surface area (TPSA) is 62.6 Å². The Morgan fingerprint density at radius 1 is 1.29 bits per heavy atom. The molecular weight excluding hydrogens is 304 g/mol. The summed E-state index contributed by atoms with van der Waals surface area (Å²) in [5.41, 5.74) is 0.824. The highest BCUT2D eigenvalue weighted by molar-refractivity contribution is 6.02. The van der Waals surface area contributed by atoms with Crippen LogP contribution >= 0.6 is 0 Å². The number of ether oxygens (including phenoxy) is 2. The van der Waals surface area contributed by atoms with Gasteiger partial charge in [0, 0.05) is 18.7 Å². The van der Waals surface area contributed by atoms with Gasteiger partial charge in [-0.05, 0) is 38.3 Å². The second kappa shape index (κ2) is 8.97. The van der Waals surface area contributed by atoms with Gasteiger partial charge >= 0.3 is 0 Å². The van der Waals surface area contributed by atoms with Crippen molar-refractivity contribution < 1.29 is 14.3 Å². The molecule has 2 rings (SSSR count). The van der Waals surface area contributed by atoms with Gasteiger partial charge in [-0.3, -0.25) is 4.79 Å². The van der Waals surface area contributed by atoms with E-state index in [-0.39, 0.29) is 11.5 Å². The van der Waals surface area contributed by atoms with Gasteiger partial charge in [-0.25, -0.2) is 0 Å². The Kier molecular flexibility index (Phi) is 6.68. The molecule has 0 unspecified atom stereocenters. The summed E-state index contributed by atoms with van der Waals surface area (Å²) in [6.45, 7) is 6.44. The molecule has 1 aliphatic rings. The monoisotopic (exact) mass is 328 g/mol. The molecule has 1 aromatic rings. The molecule has 1 aromatic carbocycles. The van der Waals surface area contributed by atoms with E-state index in [4.69, 9.17) is 9.47 Å². The highest BCUT2D eigenvalue weighted by atomic mass is 16.5. The number of para-hydroxylation sites is 1. The molecule has 128 valence electrons. The van der Waals surface area contributed by atoms with Crippen molar-refractivity contribution in [3.05, 3.63) is 29.3 Å². The zero-order valence-electron chi connectivity index (χ0n) is 14.4. The lowest BCUT2D eigenvalue weighted by atomic mass is 10.1. The zero-order valence-corrected chi connectivity index (χ0v) is 14.4. The molecular formula is C19H24N2O3. The molecule has 1 amide bonds. The van der Waals surface area contributed by atoms with E-state index in [0.29, 0.717) is 30.3 Å². The van der Waals surface area contributed by atoms with Crippen LogP contribution in [0, 0.1) is 11.3 Å². The van der Waals surface area contributed by atoms with Crippen LogP contribution in [0.15, 0.2) is 23.8 Å². The molecule has 5 nitrogen and oxygen atoms in total. The Labute approximate surface area is 143 Å². The first-order chi connectivity index (χ1) is 11.7. The van der Waals surface area contributed by atoms with Crippen LogP contribution < -0.4 is 9.47 Å². The van der Waals surface area contributed by atoms with Crippen molar-refractivity contribution in [2.24, 2.45) is 0 Å². The predicted octanol–water partition coefficient (Wildman–Crippen LogP) is 3.40. The Morgan fingerprint density at radius 2 is 2.04 bits per heavy atom. The maximum Gasteiger partial charge on any atom is 0.264 e. The van der Waals surface area contributed by atoms with Gasteiger partial charge in [0.25, 0.3) is 5.91 Å². The minimum absolute atomic E-state index is 0.131. The van der Waals surface area contributed by atoms with E-state index in [0.717, 1.165) is 32.4 Å². The summed E-state index contributed by atoms with van der Waals surface area (Å²) < 4.78 is 11.4. The molecule has 0 aliphatic carbocycles. The molecule has 0 atom stereocenters. The number of nitrogens with zero attached hydrogens (tertiary/aromatic N) is 2. The van der Waals surface area contributed by atoms with Gasteiger partial charge in [0.05, 0.1) is 13.2 Å². The molecule has 0 saturated carbocycles. The molecule has 1 aliphatic heterocycles. The molecule has 1 saturated heterocycles. The number of benzene rings is 1. The summed E-state index contributed by atoms with van der Waals surface area (Å²) in [4.78, 5) is 14.2. The van der Waals surface area contributed by atoms with Gasteiger partial charge in [0.15, 0.2) is 11.5 Å². The number of carbonyl (C=O) groups is 1. The number of hydrogen-bond donors (Lipinski definition) is 0. The summed E-state index contributed by atoms with van der Waals surface area (Å²) in [5.74, 6) is 1.01. The first kappa shape index (κ1) is 17.9. The van der Waals surface area contributed by atoms with Crippen molar-refractivity contribution in [3.63, 3.8) is 0 Å². The van der Waals surface area contributed by atoms with E-state index >= 15 is 0 Å². The van der Waals surface area contributed by atoms with E-state index in [1.54, 1.807) is 11.0 Å². The summed E-state index contributed by atoms with van der Waals surface area (Å²) in [6, 6.07) is 7.54. The third kappa shape index (κ3) is 4.29. The van der Waals surface area contributed by atoms with Crippen LogP contribution in [0.5, 0.6) is 11.5 Å². The van der Waals surface area contributed by atoms with Gasteiger partial charge in [-0.15, -0.1) is 0 Å². The maximum absolute atomic E-state index is 12.5. The lowest BCUT2D eigenvalue weighted by Gasteiger charge is -2.16. The second-order valence-corrected chi connectivity index (χ2v) is 5.63. The lowest BCUT2D eigenvalue weighted by Crippen LogP contribution is -2.28. The van der Waals surface area contributed by atoms with E-state index in [9.17, 15) is 10.1 Å². The Bertz CT molecular complexity index is 641.